The molecule has 0 atom stereocenters. The molecule has 4 N–H and O–H groups in total. The molecule has 2 aromatic rings. The van der Waals surface area contributed by atoms with Gasteiger partial charge in [-0.1, -0.05) is 30.3 Å². The molecular weight excluding hydrogens is 396 g/mol. The number of aromatic nitrogens is 2. The third-order valence-electron chi connectivity index (χ3n) is 4.84. The fourth-order valence-electron chi connectivity index (χ4n) is 3.28. The molecule has 1 aromatic heterocycles. The summed E-state index contributed by atoms with van der Waals surface area (Å²) in [4.78, 5) is 35.0. The average molecular weight is 427 g/mol. The Morgan fingerprint density at radius 1 is 1.19 bits per heavy atom. The van der Waals surface area contributed by atoms with Gasteiger partial charge in [-0.3, -0.25) is 4.79 Å². The lowest BCUT2D eigenvalue weighted by atomic mass is 10.1. The zero-order valence-electron chi connectivity index (χ0n) is 18.2. The summed E-state index contributed by atoms with van der Waals surface area (Å²) in [6.45, 7) is 7.24. The molecule has 0 saturated carbocycles. The molecule has 2 amide bonds. The molecule has 1 aliphatic heterocycles. The Hall–Kier alpha value is -3.36. The van der Waals surface area contributed by atoms with Crippen molar-refractivity contribution in [2.75, 3.05) is 23.7 Å². The summed E-state index contributed by atoms with van der Waals surface area (Å²) < 4.78 is 5.31. The van der Waals surface area contributed by atoms with Gasteiger partial charge in [0, 0.05) is 31.9 Å². The van der Waals surface area contributed by atoms with E-state index in [0.29, 0.717) is 25.6 Å². The van der Waals surface area contributed by atoms with E-state index in [1.54, 1.807) is 0 Å². The molecule has 0 radical (unpaired) electrons. The Balaban J connectivity index is 1.52. The molecule has 1 aromatic carbocycles. The quantitative estimate of drug-likeness (QED) is 0.671. The van der Waals surface area contributed by atoms with Gasteiger partial charge >= 0.3 is 6.09 Å². The highest BCUT2D eigenvalue weighted by molar-refractivity contribution is 5.98. The zero-order valence-corrected chi connectivity index (χ0v) is 18.2. The molecule has 166 valence electrons. The molecule has 1 fully saturated rings. The highest BCUT2D eigenvalue weighted by Gasteiger charge is 2.25. The third-order valence-corrected chi connectivity index (χ3v) is 4.84. The number of alkyl carbamates (subject to hydrolysis) is 1. The van der Waals surface area contributed by atoms with Gasteiger partial charge in [-0.25, -0.2) is 9.78 Å². The lowest BCUT2D eigenvalue weighted by Crippen LogP contribution is -2.46. The second kappa shape index (κ2) is 9.63. The van der Waals surface area contributed by atoms with Gasteiger partial charge in [-0.15, -0.1) is 0 Å². The minimum atomic E-state index is -0.523. The topological polar surface area (TPSA) is 122 Å². The molecular formula is C22H30N6O3. The van der Waals surface area contributed by atoms with Crippen molar-refractivity contribution >= 4 is 23.8 Å². The summed E-state index contributed by atoms with van der Waals surface area (Å²) in [7, 11) is 0. The number of carbonyl (C=O) groups is 2. The number of ether oxygens (including phenoxy) is 1. The number of benzene rings is 1. The predicted molar refractivity (Wildman–Crippen MR) is 119 cm³/mol. The van der Waals surface area contributed by atoms with Gasteiger partial charge in [0.1, 0.15) is 11.4 Å². The number of amides is 2. The minimum Gasteiger partial charge on any atom is -0.444 e. The second-order valence-corrected chi connectivity index (χ2v) is 8.54. The number of piperidine rings is 1. The van der Waals surface area contributed by atoms with Crippen LogP contribution in [0.25, 0.3) is 0 Å². The molecule has 3 rings (SSSR count). The predicted octanol–water partition coefficient (Wildman–Crippen LogP) is 2.48. The van der Waals surface area contributed by atoms with Gasteiger partial charge in [0.2, 0.25) is 5.95 Å². The summed E-state index contributed by atoms with van der Waals surface area (Å²) in [5.74, 6) is 0.311. The highest BCUT2D eigenvalue weighted by atomic mass is 16.6. The van der Waals surface area contributed by atoms with Crippen molar-refractivity contribution in [1.82, 2.24) is 20.6 Å². The number of rotatable bonds is 5. The molecule has 1 saturated heterocycles. The van der Waals surface area contributed by atoms with E-state index in [-0.39, 0.29) is 23.3 Å². The van der Waals surface area contributed by atoms with Crippen LogP contribution < -0.4 is 21.3 Å². The van der Waals surface area contributed by atoms with Crippen LogP contribution >= 0.6 is 0 Å². The Labute approximate surface area is 182 Å². The van der Waals surface area contributed by atoms with Crippen LogP contribution in [0.5, 0.6) is 0 Å². The van der Waals surface area contributed by atoms with Crippen molar-refractivity contribution in [3.05, 3.63) is 47.7 Å². The summed E-state index contributed by atoms with van der Waals surface area (Å²) in [6.07, 6.45) is 2.53. The van der Waals surface area contributed by atoms with Crippen LogP contribution in [0.1, 0.15) is 49.5 Å². The zero-order chi connectivity index (χ0) is 22.4. The monoisotopic (exact) mass is 426 g/mol. The van der Waals surface area contributed by atoms with Crippen LogP contribution in [-0.2, 0) is 11.3 Å². The van der Waals surface area contributed by atoms with Gasteiger partial charge in [-0.2, -0.15) is 4.98 Å². The molecule has 0 bridgehead atoms. The summed E-state index contributed by atoms with van der Waals surface area (Å²) in [5, 5.41) is 5.73. The van der Waals surface area contributed by atoms with Crippen LogP contribution in [0.2, 0.25) is 0 Å². The van der Waals surface area contributed by atoms with Gasteiger partial charge in [0.05, 0.1) is 5.56 Å². The van der Waals surface area contributed by atoms with Crippen LogP contribution in [0, 0.1) is 0 Å². The van der Waals surface area contributed by atoms with Crippen molar-refractivity contribution in [2.24, 2.45) is 0 Å². The van der Waals surface area contributed by atoms with Crippen molar-refractivity contribution < 1.29 is 14.3 Å². The second-order valence-electron chi connectivity index (χ2n) is 8.54. The Bertz CT molecular complexity index is 905. The fraction of sp³-hybridized carbons (Fsp3) is 0.455. The van der Waals surface area contributed by atoms with Gasteiger partial charge < -0.3 is 26.0 Å². The molecule has 2 heterocycles. The van der Waals surface area contributed by atoms with Gasteiger partial charge in [-0.05, 0) is 39.2 Å². The van der Waals surface area contributed by atoms with Crippen molar-refractivity contribution in [1.29, 1.82) is 0 Å². The average Bonchev–Trinajstić information content (AvgIpc) is 2.72. The highest BCUT2D eigenvalue weighted by Crippen LogP contribution is 2.19. The van der Waals surface area contributed by atoms with E-state index in [9.17, 15) is 9.59 Å². The number of nitrogens with zero attached hydrogens (tertiary/aromatic N) is 3. The van der Waals surface area contributed by atoms with E-state index in [1.165, 1.54) is 6.20 Å². The van der Waals surface area contributed by atoms with E-state index < -0.39 is 11.7 Å². The largest absolute Gasteiger partial charge is 0.444 e. The first-order chi connectivity index (χ1) is 14.7. The summed E-state index contributed by atoms with van der Waals surface area (Å²) >= 11 is 0. The number of nitrogens with one attached hydrogen (secondary N) is 2. The van der Waals surface area contributed by atoms with Crippen LogP contribution in [-0.4, -0.2) is 46.7 Å². The molecule has 9 nitrogen and oxygen atoms in total. The fourth-order valence-corrected chi connectivity index (χ4v) is 3.28. The van der Waals surface area contributed by atoms with E-state index in [4.69, 9.17) is 10.5 Å². The Morgan fingerprint density at radius 3 is 2.48 bits per heavy atom. The van der Waals surface area contributed by atoms with E-state index >= 15 is 0 Å². The van der Waals surface area contributed by atoms with Crippen molar-refractivity contribution in [3.63, 3.8) is 0 Å². The molecule has 1 aliphatic rings. The summed E-state index contributed by atoms with van der Waals surface area (Å²) in [5.41, 5.74) is 6.76. The Morgan fingerprint density at radius 2 is 1.87 bits per heavy atom. The SMILES string of the molecule is CC(C)(C)OC(=O)NC1CCN(c2ncc(C(=O)NCc3ccccc3)c(N)n2)CC1. The van der Waals surface area contributed by atoms with E-state index in [2.05, 4.69) is 20.6 Å². The summed E-state index contributed by atoms with van der Waals surface area (Å²) in [6, 6.07) is 9.66. The number of hydrogen-bond donors (Lipinski definition) is 3. The van der Waals surface area contributed by atoms with Crippen LogP contribution in [0.15, 0.2) is 36.5 Å². The molecule has 9 heteroatoms. The number of hydrogen-bond acceptors (Lipinski definition) is 7. The van der Waals surface area contributed by atoms with E-state index in [1.807, 2.05) is 56.0 Å². The molecule has 31 heavy (non-hydrogen) atoms. The maximum atomic E-state index is 12.4. The number of carbonyl (C=O) groups excluding carboxylic acids is 2. The van der Waals surface area contributed by atoms with Gasteiger partial charge in [0.15, 0.2) is 0 Å². The van der Waals surface area contributed by atoms with Crippen molar-refractivity contribution in [2.45, 2.75) is 51.8 Å². The van der Waals surface area contributed by atoms with Gasteiger partial charge in [0.25, 0.3) is 5.91 Å². The normalized spacial score (nSPS) is 14.7. The maximum Gasteiger partial charge on any atom is 0.407 e. The molecule has 0 spiro atoms. The smallest absolute Gasteiger partial charge is 0.407 e. The minimum absolute atomic E-state index is 0.0338. The van der Waals surface area contributed by atoms with Crippen LogP contribution in [0.4, 0.5) is 16.6 Å². The van der Waals surface area contributed by atoms with Crippen LogP contribution in [0.3, 0.4) is 0 Å². The van der Waals surface area contributed by atoms with E-state index in [0.717, 1.165) is 18.4 Å². The lowest BCUT2D eigenvalue weighted by Gasteiger charge is -2.32. The molecule has 0 unspecified atom stereocenters. The number of nitrogens with two attached hydrogens (primary N) is 1. The first-order valence-corrected chi connectivity index (χ1v) is 10.4. The maximum absolute atomic E-state index is 12.4. The van der Waals surface area contributed by atoms with Crippen molar-refractivity contribution in [3.8, 4) is 0 Å². The molecule has 0 aliphatic carbocycles. The third kappa shape index (κ3) is 6.56. The number of anilines is 2. The number of nitrogen functional groups attached to an aromatic ring is 1. The standard InChI is InChI=1S/C22H30N6O3/c1-22(2,3)31-21(30)26-16-9-11-28(12-10-16)20-25-14-17(18(23)27-20)19(29)24-13-15-7-5-4-6-8-15/h4-8,14,16H,9-13H2,1-3H3,(H,24,29)(H,26,30)(H2,23,25,27). The lowest BCUT2D eigenvalue weighted by molar-refractivity contribution is 0.0497. The first-order valence-electron chi connectivity index (χ1n) is 10.4. The first kappa shape index (κ1) is 22.3. The Kier molecular flexibility index (Phi) is 6.94.